The number of benzene rings is 1. The van der Waals surface area contributed by atoms with Crippen molar-refractivity contribution in [2.24, 2.45) is 0 Å². The van der Waals surface area contributed by atoms with Gasteiger partial charge >= 0.3 is 0 Å². The highest BCUT2D eigenvalue weighted by molar-refractivity contribution is 5.94. The largest absolute Gasteiger partial charge is 0.367 e. The van der Waals surface area contributed by atoms with Crippen LogP contribution in [0.3, 0.4) is 0 Å². The van der Waals surface area contributed by atoms with E-state index in [-0.39, 0.29) is 31.5 Å². The lowest BCUT2D eigenvalue weighted by molar-refractivity contribution is -0.138. The molecule has 1 N–H and O–H groups in total. The number of anilines is 1. The number of aromatic nitrogens is 1. The van der Waals surface area contributed by atoms with Crippen LogP contribution in [0.25, 0.3) is 0 Å². The van der Waals surface area contributed by atoms with E-state index in [1.54, 1.807) is 19.1 Å². The predicted molar refractivity (Wildman–Crippen MR) is 92.7 cm³/mol. The van der Waals surface area contributed by atoms with Gasteiger partial charge in [0.25, 0.3) is 0 Å². The number of aryl methyl sites for hydroxylation is 1. The van der Waals surface area contributed by atoms with E-state index in [1.165, 1.54) is 4.90 Å². The lowest BCUT2D eigenvalue weighted by atomic mass is 10.2. The van der Waals surface area contributed by atoms with Crippen LogP contribution in [0.4, 0.5) is 5.82 Å². The van der Waals surface area contributed by atoms with E-state index < -0.39 is 0 Å². The summed E-state index contributed by atoms with van der Waals surface area (Å²) < 4.78 is 10.3. The molecule has 7 nitrogen and oxygen atoms in total. The fraction of sp³-hybridized carbons (Fsp3) is 0.278. The summed E-state index contributed by atoms with van der Waals surface area (Å²) in [6.07, 6.45) is 1.56. The molecule has 7 heteroatoms. The lowest BCUT2D eigenvalue weighted by Crippen LogP contribution is -2.40. The predicted octanol–water partition coefficient (Wildman–Crippen LogP) is 2.15. The third-order valence-corrected chi connectivity index (χ3v) is 3.27. The number of carbonyl (C=O) groups is 2. The number of ether oxygens (including phenoxy) is 1. The zero-order valence-corrected chi connectivity index (χ0v) is 14.1. The Hall–Kier alpha value is -2.93. The Morgan fingerprint density at radius 1 is 1.36 bits per heavy atom. The Bertz CT molecular complexity index is 712. The molecule has 0 atom stereocenters. The molecule has 2 amide bonds. The van der Waals surface area contributed by atoms with E-state index in [9.17, 15) is 9.59 Å². The third kappa shape index (κ3) is 6.23. The summed E-state index contributed by atoms with van der Waals surface area (Å²) in [4.78, 5) is 25.7. The first kappa shape index (κ1) is 18.4. The van der Waals surface area contributed by atoms with Gasteiger partial charge in [-0.05, 0) is 12.5 Å². The zero-order valence-electron chi connectivity index (χ0n) is 14.1. The van der Waals surface area contributed by atoms with Crippen molar-refractivity contribution in [3.63, 3.8) is 0 Å². The zero-order chi connectivity index (χ0) is 18.1. The fourth-order valence-electron chi connectivity index (χ4n) is 2.11. The smallest absolute Gasteiger partial charge is 0.249 e. The number of carbonyl (C=O) groups excluding carboxylic acids is 2. The van der Waals surface area contributed by atoms with E-state index in [0.717, 1.165) is 5.56 Å². The molecule has 0 saturated heterocycles. The Labute approximate surface area is 146 Å². The van der Waals surface area contributed by atoms with Gasteiger partial charge in [0.2, 0.25) is 11.8 Å². The van der Waals surface area contributed by atoms with Gasteiger partial charge in [0.15, 0.2) is 5.82 Å². The topological polar surface area (TPSA) is 84.7 Å². The molecule has 0 aliphatic heterocycles. The molecule has 132 valence electrons. The second-order valence-corrected chi connectivity index (χ2v) is 5.41. The van der Waals surface area contributed by atoms with Crippen LogP contribution >= 0.6 is 0 Å². The van der Waals surface area contributed by atoms with Crippen molar-refractivity contribution in [1.29, 1.82) is 0 Å². The maximum Gasteiger partial charge on any atom is 0.249 e. The summed E-state index contributed by atoms with van der Waals surface area (Å²) in [6.45, 7) is 5.68. The van der Waals surface area contributed by atoms with Gasteiger partial charge in [0.05, 0.1) is 6.61 Å². The van der Waals surface area contributed by atoms with E-state index in [0.29, 0.717) is 18.2 Å². The average molecular weight is 343 g/mol. The van der Waals surface area contributed by atoms with Crippen LogP contribution in [0.5, 0.6) is 0 Å². The Morgan fingerprint density at radius 3 is 2.76 bits per heavy atom. The van der Waals surface area contributed by atoms with Crippen LogP contribution in [-0.4, -0.2) is 41.6 Å². The normalized spacial score (nSPS) is 10.3. The van der Waals surface area contributed by atoms with Gasteiger partial charge in [-0.15, -0.1) is 6.58 Å². The number of hydrogen-bond acceptors (Lipinski definition) is 5. The van der Waals surface area contributed by atoms with Crippen LogP contribution in [0.15, 0.2) is 53.6 Å². The molecular weight excluding hydrogens is 322 g/mol. The summed E-state index contributed by atoms with van der Waals surface area (Å²) in [5.74, 6) is 0.242. The van der Waals surface area contributed by atoms with Crippen molar-refractivity contribution in [3.05, 3.63) is 60.4 Å². The number of hydrogen-bond donors (Lipinski definition) is 1. The van der Waals surface area contributed by atoms with Gasteiger partial charge in [0, 0.05) is 12.6 Å². The minimum Gasteiger partial charge on any atom is -0.367 e. The van der Waals surface area contributed by atoms with Gasteiger partial charge in [-0.1, -0.05) is 41.6 Å². The average Bonchev–Trinajstić information content (AvgIpc) is 3.00. The monoisotopic (exact) mass is 343 g/mol. The molecule has 0 radical (unpaired) electrons. The van der Waals surface area contributed by atoms with Crippen molar-refractivity contribution in [3.8, 4) is 0 Å². The number of nitrogens with one attached hydrogen (secondary N) is 1. The summed E-state index contributed by atoms with van der Waals surface area (Å²) >= 11 is 0. The number of nitrogens with zero attached hydrogens (tertiary/aromatic N) is 2. The maximum atomic E-state index is 12.3. The molecule has 0 unspecified atom stereocenters. The maximum absolute atomic E-state index is 12.3. The van der Waals surface area contributed by atoms with E-state index >= 15 is 0 Å². The minimum atomic E-state index is -0.369. The number of amides is 2. The molecule has 0 aliphatic carbocycles. The first-order valence-corrected chi connectivity index (χ1v) is 7.82. The van der Waals surface area contributed by atoms with Gasteiger partial charge < -0.3 is 19.5 Å². The van der Waals surface area contributed by atoms with Crippen LogP contribution < -0.4 is 5.32 Å². The first-order chi connectivity index (χ1) is 12.1. The molecule has 1 heterocycles. The van der Waals surface area contributed by atoms with Crippen molar-refractivity contribution >= 4 is 17.6 Å². The second-order valence-electron chi connectivity index (χ2n) is 5.41. The molecule has 1 aromatic carbocycles. The summed E-state index contributed by atoms with van der Waals surface area (Å²) in [6, 6.07) is 11.1. The van der Waals surface area contributed by atoms with Crippen LogP contribution in [-0.2, 0) is 20.9 Å². The quantitative estimate of drug-likeness (QED) is 0.705. The molecule has 0 bridgehead atoms. The third-order valence-electron chi connectivity index (χ3n) is 3.27. The summed E-state index contributed by atoms with van der Waals surface area (Å²) in [5, 5.41) is 6.26. The SMILES string of the molecule is C=CCN(CC(=O)Nc1cc(C)on1)C(=O)COCc1ccccc1. The molecule has 2 rings (SSSR count). The van der Waals surface area contributed by atoms with Crippen LogP contribution in [0.2, 0.25) is 0 Å². The van der Waals surface area contributed by atoms with Crippen molar-refractivity contribution in [2.75, 3.05) is 25.0 Å². The highest BCUT2D eigenvalue weighted by Crippen LogP contribution is 2.07. The Balaban J connectivity index is 1.82. The van der Waals surface area contributed by atoms with E-state index in [2.05, 4.69) is 17.1 Å². The molecule has 2 aromatic rings. The molecule has 1 aromatic heterocycles. The summed E-state index contributed by atoms with van der Waals surface area (Å²) in [5.41, 5.74) is 0.977. The molecule has 25 heavy (non-hydrogen) atoms. The molecule has 0 aliphatic rings. The van der Waals surface area contributed by atoms with E-state index in [1.807, 2.05) is 30.3 Å². The van der Waals surface area contributed by atoms with Crippen molar-refractivity contribution in [1.82, 2.24) is 10.1 Å². The second kappa shape index (κ2) is 9.39. The Kier molecular flexibility index (Phi) is 6.91. The minimum absolute atomic E-state index is 0.112. The van der Waals surface area contributed by atoms with Gasteiger partial charge in [-0.2, -0.15) is 0 Å². The van der Waals surface area contributed by atoms with E-state index in [4.69, 9.17) is 9.26 Å². The molecule has 0 spiro atoms. The van der Waals surface area contributed by atoms with Crippen LogP contribution in [0, 0.1) is 6.92 Å². The molecule has 0 saturated carbocycles. The van der Waals surface area contributed by atoms with Crippen LogP contribution in [0.1, 0.15) is 11.3 Å². The van der Waals surface area contributed by atoms with Crippen molar-refractivity contribution in [2.45, 2.75) is 13.5 Å². The number of rotatable bonds is 9. The lowest BCUT2D eigenvalue weighted by Gasteiger charge is -2.20. The Morgan fingerprint density at radius 2 is 2.12 bits per heavy atom. The van der Waals surface area contributed by atoms with Crippen molar-refractivity contribution < 1.29 is 18.8 Å². The molecular formula is C18H21N3O4. The van der Waals surface area contributed by atoms with Gasteiger partial charge in [-0.3, -0.25) is 9.59 Å². The highest BCUT2D eigenvalue weighted by atomic mass is 16.5. The fourth-order valence-corrected chi connectivity index (χ4v) is 2.11. The standard InChI is InChI=1S/C18H21N3O4/c1-3-9-21(11-17(22)19-16-10-14(2)25-20-16)18(23)13-24-12-15-7-5-4-6-8-15/h3-8,10H,1,9,11-13H2,2H3,(H,19,20,22). The molecule has 0 fully saturated rings. The van der Waals surface area contributed by atoms with Gasteiger partial charge in [0.1, 0.15) is 18.9 Å². The summed E-state index contributed by atoms with van der Waals surface area (Å²) in [7, 11) is 0. The first-order valence-electron chi connectivity index (χ1n) is 7.82. The highest BCUT2D eigenvalue weighted by Gasteiger charge is 2.17. The van der Waals surface area contributed by atoms with Gasteiger partial charge in [-0.25, -0.2) is 0 Å².